The standard InChI is InChI=1S/C14H18BrNO2/c1-9(2)18-14(17)12-6-7-16-13(12)10-4-3-5-11(15)8-10/h3-5,8-9,12-13,16H,6-7H2,1-2H3/t12-,13+/m0/s1. The van der Waals surface area contributed by atoms with Crippen LogP contribution in [0.3, 0.4) is 0 Å². The maximum absolute atomic E-state index is 12.1. The summed E-state index contributed by atoms with van der Waals surface area (Å²) < 4.78 is 6.36. The molecule has 1 aromatic carbocycles. The second-order valence-corrected chi connectivity index (χ2v) is 5.78. The quantitative estimate of drug-likeness (QED) is 0.872. The van der Waals surface area contributed by atoms with E-state index in [0.29, 0.717) is 0 Å². The molecular weight excluding hydrogens is 294 g/mol. The van der Waals surface area contributed by atoms with Crippen LogP contribution in [0.1, 0.15) is 31.9 Å². The maximum atomic E-state index is 12.1. The number of benzene rings is 1. The monoisotopic (exact) mass is 311 g/mol. The zero-order chi connectivity index (χ0) is 13.1. The van der Waals surface area contributed by atoms with E-state index in [1.54, 1.807) is 0 Å². The van der Waals surface area contributed by atoms with Crippen LogP contribution < -0.4 is 5.32 Å². The zero-order valence-electron chi connectivity index (χ0n) is 10.7. The number of halogens is 1. The Balaban J connectivity index is 2.14. The van der Waals surface area contributed by atoms with E-state index in [9.17, 15) is 4.79 Å². The molecule has 3 nitrogen and oxygen atoms in total. The number of ether oxygens (including phenoxy) is 1. The van der Waals surface area contributed by atoms with Crippen molar-refractivity contribution in [3.05, 3.63) is 34.3 Å². The Morgan fingerprint density at radius 3 is 2.94 bits per heavy atom. The van der Waals surface area contributed by atoms with E-state index in [-0.39, 0.29) is 24.0 Å². The third-order valence-electron chi connectivity index (χ3n) is 3.08. The van der Waals surface area contributed by atoms with Gasteiger partial charge in [0.2, 0.25) is 0 Å². The molecule has 18 heavy (non-hydrogen) atoms. The molecule has 1 fully saturated rings. The summed E-state index contributed by atoms with van der Waals surface area (Å²) in [6.45, 7) is 4.62. The largest absolute Gasteiger partial charge is 0.463 e. The van der Waals surface area contributed by atoms with Crippen molar-refractivity contribution >= 4 is 21.9 Å². The van der Waals surface area contributed by atoms with Gasteiger partial charge in [-0.05, 0) is 44.5 Å². The van der Waals surface area contributed by atoms with Gasteiger partial charge in [0.25, 0.3) is 0 Å². The van der Waals surface area contributed by atoms with E-state index in [1.165, 1.54) is 0 Å². The summed E-state index contributed by atoms with van der Waals surface area (Å²) in [4.78, 5) is 12.1. The van der Waals surface area contributed by atoms with Crippen molar-refractivity contribution in [2.24, 2.45) is 5.92 Å². The minimum atomic E-state index is -0.0972. The van der Waals surface area contributed by atoms with Gasteiger partial charge in [0.15, 0.2) is 0 Å². The molecule has 0 radical (unpaired) electrons. The summed E-state index contributed by atoms with van der Waals surface area (Å²) in [5.74, 6) is -0.179. The molecule has 0 aromatic heterocycles. The van der Waals surface area contributed by atoms with E-state index in [1.807, 2.05) is 32.0 Å². The van der Waals surface area contributed by atoms with Gasteiger partial charge < -0.3 is 10.1 Å². The lowest BCUT2D eigenvalue weighted by molar-refractivity contribution is -0.152. The fourth-order valence-corrected chi connectivity index (χ4v) is 2.74. The van der Waals surface area contributed by atoms with Gasteiger partial charge >= 0.3 is 5.97 Å². The number of carbonyl (C=O) groups is 1. The van der Waals surface area contributed by atoms with Crippen LogP contribution in [0, 0.1) is 5.92 Å². The fraction of sp³-hybridized carbons (Fsp3) is 0.500. The second kappa shape index (κ2) is 5.85. The highest BCUT2D eigenvalue weighted by molar-refractivity contribution is 9.10. The zero-order valence-corrected chi connectivity index (χ0v) is 12.2. The summed E-state index contributed by atoms with van der Waals surface area (Å²) in [6, 6.07) is 8.14. The van der Waals surface area contributed by atoms with Crippen LogP contribution in [0.5, 0.6) is 0 Å². The molecule has 2 atom stereocenters. The number of hydrogen-bond donors (Lipinski definition) is 1. The molecule has 4 heteroatoms. The molecule has 1 aliphatic heterocycles. The number of nitrogens with one attached hydrogen (secondary N) is 1. The van der Waals surface area contributed by atoms with Crippen molar-refractivity contribution in [2.45, 2.75) is 32.4 Å². The SMILES string of the molecule is CC(C)OC(=O)[C@H]1CCN[C@@H]1c1cccc(Br)c1. The van der Waals surface area contributed by atoms with Crippen molar-refractivity contribution in [2.75, 3.05) is 6.54 Å². The molecule has 0 amide bonds. The Hall–Kier alpha value is -0.870. The lowest BCUT2D eigenvalue weighted by Crippen LogP contribution is -2.27. The Labute approximate surface area is 116 Å². The summed E-state index contributed by atoms with van der Waals surface area (Å²) in [5, 5.41) is 3.38. The second-order valence-electron chi connectivity index (χ2n) is 4.87. The van der Waals surface area contributed by atoms with Crippen LogP contribution in [-0.4, -0.2) is 18.6 Å². The molecule has 0 aliphatic carbocycles. The summed E-state index contributed by atoms with van der Waals surface area (Å²) >= 11 is 3.46. The first-order valence-electron chi connectivity index (χ1n) is 6.27. The van der Waals surface area contributed by atoms with E-state index in [0.717, 1.165) is 23.0 Å². The van der Waals surface area contributed by atoms with Crippen molar-refractivity contribution in [1.82, 2.24) is 5.32 Å². The Bertz CT molecular complexity index is 434. The van der Waals surface area contributed by atoms with Crippen LogP contribution in [0.25, 0.3) is 0 Å². The van der Waals surface area contributed by atoms with Crippen molar-refractivity contribution in [3.8, 4) is 0 Å². The average Bonchev–Trinajstić information content (AvgIpc) is 2.76. The molecule has 0 bridgehead atoms. The van der Waals surface area contributed by atoms with Gasteiger partial charge in [0.05, 0.1) is 12.0 Å². The molecule has 1 N–H and O–H groups in total. The normalized spacial score (nSPS) is 23.3. The summed E-state index contributed by atoms with van der Waals surface area (Å²) in [7, 11) is 0. The summed E-state index contributed by atoms with van der Waals surface area (Å²) in [5.41, 5.74) is 1.13. The minimum absolute atomic E-state index is 0.0544. The van der Waals surface area contributed by atoms with Crippen molar-refractivity contribution in [1.29, 1.82) is 0 Å². The van der Waals surface area contributed by atoms with Gasteiger partial charge in [-0.1, -0.05) is 28.1 Å². The van der Waals surface area contributed by atoms with E-state index in [4.69, 9.17) is 4.74 Å². The number of hydrogen-bond acceptors (Lipinski definition) is 3. The highest BCUT2D eigenvalue weighted by Crippen LogP contribution is 2.32. The van der Waals surface area contributed by atoms with E-state index >= 15 is 0 Å². The molecule has 0 saturated carbocycles. The van der Waals surface area contributed by atoms with Gasteiger partial charge in [-0.15, -0.1) is 0 Å². The third-order valence-corrected chi connectivity index (χ3v) is 3.58. The molecular formula is C14H18BrNO2. The van der Waals surface area contributed by atoms with Gasteiger partial charge in [0, 0.05) is 10.5 Å². The first kappa shape index (κ1) is 13.6. The first-order valence-corrected chi connectivity index (χ1v) is 7.06. The first-order chi connectivity index (χ1) is 8.58. The molecule has 1 aromatic rings. The van der Waals surface area contributed by atoms with Gasteiger partial charge in [-0.2, -0.15) is 0 Å². The Kier molecular flexibility index (Phi) is 4.40. The maximum Gasteiger partial charge on any atom is 0.311 e. The number of carbonyl (C=O) groups excluding carboxylic acids is 1. The predicted molar refractivity (Wildman–Crippen MR) is 74.2 cm³/mol. The summed E-state index contributed by atoms with van der Waals surface area (Å²) in [6.07, 6.45) is 0.782. The molecule has 1 aliphatic rings. The van der Waals surface area contributed by atoms with Crippen LogP contribution in [0.2, 0.25) is 0 Å². The Morgan fingerprint density at radius 1 is 1.50 bits per heavy atom. The molecule has 1 saturated heterocycles. The highest BCUT2D eigenvalue weighted by Gasteiger charge is 2.35. The third kappa shape index (κ3) is 3.12. The van der Waals surface area contributed by atoms with E-state index < -0.39 is 0 Å². The van der Waals surface area contributed by atoms with E-state index in [2.05, 4.69) is 27.3 Å². The fourth-order valence-electron chi connectivity index (χ4n) is 2.33. The van der Waals surface area contributed by atoms with Crippen LogP contribution in [-0.2, 0) is 9.53 Å². The van der Waals surface area contributed by atoms with Crippen LogP contribution >= 0.6 is 15.9 Å². The molecule has 1 heterocycles. The minimum Gasteiger partial charge on any atom is -0.463 e. The lowest BCUT2D eigenvalue weighted by atomic mass is 9.94. The van der Waals surface area contributed by atoms with Crippen LogP contribution in [0.4, 0.5) is 0 Å². The van der Waals surface area contributed by atoms with Crippen molar-refractivity contribution in [3.63, 3.8) is 0 Å². The smallest absolute Gasteiger partial charge is 0.311 e. The number of rotatable bonds is 3. The van der Waals surface area contributed by atoms with Crippen molar-refractivity contribution < 1.29 is 9.53 Å². The average molecular weight is 312 g/mol. The molecule has 0 spiro atoms. The highest BCUT2D eigenvalue weighted by atomic mass is 79.9. The molecule has 0 unspecified atom stereocenters. The lowest BCUT2D eigenvalue weighted by Gasteiger charge is -2.20. The topological polar surface area (TPSA) is 38.3 Å². The van der Waals surface area contributed by atoms with Gasteiger partial charge in [-0.25, -0.2) is 0 Å². The predicted octanol–water partition coefficient (Wildman–Crippen LogP) is 3.05. The van der Waals surface area contributed by atoms with Gasteiger partial charge in [0.1, 0.15) is 0 Å². The van der Waals surface area contributed by atoms with Crippen LogP contribution in [0.15, 0.2) is 28.7 Å². The molecule has 2 rings (SSSR count). The number of esters is 1. The molecule has 98 valence electrons. The van der Waals surface area contributed by atoms with Gasteiger partial charge in [-0.3, -0.25) is 4.79 Å². The Morgan fingerprint density at radius 2 is 2.28 bits per heavy atom.